The summed E-state index contributed by atoms with van der Waals surface area (Å²) >= 11 is 0. The van der Waals surface area contributed by atoms with E-state index in [-0.39, 0.29) is 12.8 Å². The quantitative estimate of drug-likeness (QED) is 0.389. The molecule has 0 amide bonds. The molecule has 7 nitrogen and oxygen atoms in total. The molecule has 0 saturated carbocycles. The summed E-state index contributed by atoms with van der Waals surface area (Å²) in [5.74, 6) is 0.363. The molecule has 2 rings (SSSR count). The van der Waals surface area contributed by atoms with E-state index in [2.05, 4.69) is 6.92 Å². The van der Waals surface area contributed by atoms with Crippen molar-refractivity contribution in [1.82, 2.24) is 0 Å². The fourth-order valence-corrected chi connectivity index (χ4v) is 5.36. The summed E-state index contributed by atoms with van der Waals surface area (Å²) in [5.41, 5.74) is 0.377. The lowest BCUT2D eigenvalue weighted by molar-refractivity contribution is 0.356. The van der Waals surface area contributed by atoms with Crippen LogP contribution in [-0.4, -0.2) is 34.2 Å². The van der Waals surface area contributed by atoms with Gasteiger partial charge in [-0.15, -0.1) is 0 Å². The molecule has 2 aromatic carbocycles. The van der Waals surface area contributed by atoms with E-state index in [9.17, 15) is 22.8 Å². The Balaban J connectivity index is 2.12. The second-order valence-corrected chi connectivity index (χ2v) is 10.0. The van der Waals surface area contributed by atoms with Gasteiger partial charge in [-0.2, -0.15) is 8.42 Å². The maximum Gasteiger partial charge on any atom is 0.329 e. The van der Waals surface area contributed by atoms with Gasteiger partial charge in [0, 0.05) is 0 Å². The van der Waals surface area contributed by atoms with E-state index in [1.54, 1.807) is 24.3 Å². The molecule has 0 aliphatic carbocycles. The molecule has 0 heterocycles. The zero-order valence-electron chi connectivity index (χ0n) is 15.6. The van der Waals surface area contributed by atoms with Gasteiger partial charge in [-0.25, -0.2) is 0 Å². The van der Waals surface area contributed by atoms with Gasteiger partial charge in [0.2, 0.25) is 0 Å². The molecular formula is C19H25O7PS. The Bertz CT molecular complexity index is 937. The highest BCUT2D eigenvalue weighted by Crippen LogP contribution is 2.44. The van der Waals surface area contributed by atoms with Gasteiger partial charge in [0.05, 0.1) is 11.4 Å². The highest BCUT2D eigenvalue weighted by Gasteiger charge is 2.32. The van der Waals surface area contributed by atoms with Gasteiger partial charge >= 0.3 is 7.60 Å². The third-order valence-electron chi connectivity index (χ3n) is 4.26. The maximum absolute atomic E-state index is 11.5. The molecule has 1 atom stereocenters. The summed E-state index contributed by atoms with van der Waals surface area (Å²) in [6, 6.07) is 14.8. The van der Waals surface area contributed by atoms with Crippen molar-refractivity contribution in [3.8, 4) is 11.5 Å². The smallest absolute Gasteiger partial charge is 0.329 e. The molecule has 0 bridgehead atoms. The second kappa shape index (κ2) is 9.67. The minimum atomic E-state index is -4.66. The first-order valence-electron chi connectivity index (χ1n) is 8.93. The summed E-state index contributed by atoms with van der Waals surface area (Å²) in [7, 11) is -9.15. The molecule has 0 saturated heterocycles. The first-order valence-corrected chi connectivity index (χ1v) is 12.2. The van der Waals surface area contributed by atoms with E-state index in [1.165, 1.54) is 0 Å². The van der Waals surface area contributed by atoms with Crippen molar-refractivity contribution in [3.05, 3.63) is 59.7 Å². The first-order chi connectivity index (χ1) is 13.1. The number of para-hydroxylation sites is 1. The molecular weight excluding hydrogens is 403 g/mol. The zero-order valence-corrected chi connectivity index (χ0v) is 17.3. The Labute approximate surface area is 165 Å². The van der Waals surface area contributed by atoms with Crippen LogP contribution in [0.2, 0.25) is 0 Å². The second-order valence-electron chi connectivity index (χ2n) is 6.64. The van der Waals surface area contributed by atoms with Crippen LogP contribution in [0.1, 0.15) is 30.9 Å². The highest BCUT2D eigenvalue weighted by molar-refractivity contribution is 7.86. The predicted octanol–water partition coefficient (Wildman–Crippen LogP) is 3.80. The lowest BCUT2D eigenvalue weighted by Crippen LogP contribution is -2.21. The van der Waals surface area contributed by atoms with Crippen LogP contribution < -0.4 is 4.74 Å². The van der Waals surface area contributed by atoms with E-state index in [0.717, 1.165) is 29.7 Å². The van der Waals surface area contributed by atoms with E-state index in [4.69, 9.17) is 9.29 Å². The highest BCUT2D eigenvalue weighted by atomic mass is 32.2. The normalized spacial score (nSPS) is 13.3. The Morgan fingerprint density at radius 1 is 1.07 bits per heavy atom. The van der Waals surface area contributed by atoms with Crippen molar-refractivity contribution in [2.45, 2.75) is 38.3 Å². The van der Waals surface area contributed by atoms with Crippen LogP contribution in [0.15, 0.2) is 48.5 Å². The molecule has 0 aromatic heterocycles. The van der Waals surface area contributed by atoms with Crippen LogP contribution in [0.25, 0.3) is 0 Å². The van der Waals surface area contributed by atoms with E-state index in [1.807, 2.05) is 24.3 Å². The monoisotopic (exact) mass is 428 g/mol. The van der Waals surface area contributed by atoms with Crippen molar-refractivity contribution >= 4 is 17.7 Å². The molecule has 1 unspecified atom stereocenters. The van der Waals surface area contributed by atoms with Gasteiger partial charge in [0.1, 0.15) is 11.5 Å². The van der Waals surface area contributed by atoms with Crippen LogP contribution in [0, 0.1) is 0 Å². The molecule has 154 valence electrons. The summed E-state index contributed by atoms with van der Waals surface area (Å²) in [5, 5.41) is 0. The first kappa shape index (κ1) is 22.6. The predicted molar refractivity (Wildman–Crippen MR) is 108 cm³/mol. The topological polar surface area (TPSA) is 121 Å². The van der Waals surface area contributed by atoms with Crippen molar-refractivity contribution in [2.75, 3.05) is 5.75 Å². The van der Waals surface area contributed by atoms with Gasteiger partial charge in [0.25, 0.3) is 10.1 Å². The molecule has 0 spiro atoms. The van der Waals surface area contributed by atoms with Crippen LogP contribution in [0.5, 0.6) is 11.5 Å². The summed E-state index contributed by atoms with van der Waals surface area (Å²) in [6.45, 7) is 2.08. The number of hydrogen-bond acceptors (Lipinski definition) is 4. The molecule has 3 N–H and O–H groups in total. The average molecular weight is 428 g/mol. The van der Waals surface area contributed by atoms with E-state index >= 15 is 0 Å². The lowest BCUT2D eigenvalue weighted by Gasteiger charge is -2.17. The van der Waals surface area contributed by atoms with Gasteiger partial charge in [0.15, 0.2) is 0 Å². The van der Waals surface area contributed by atoms with Crippen LogP contribution in [0.3, 0.4) is 0 Å². The Kier molecular flexibility index (Phi) is 7.80. The fraction of sp³-hybridized carbons (Fsp3) is 0.368. The van der Waals surface area contributed by atoms with Gasteiger partial charge in [-0.05, 0) is 48.6 Å². The maximum atomic E-state index is 11.5. The van der Waals surface area contributed by atoms with E-state index < -0.39 is 29.1 Å². The Hall–Kier alpha value is -1.70. The Morgan fingerprint density at radius 3 is 2.43 bits per heavy atom. The standard InChI is InChI=1S/C19H25O7PS/c1-2-6-16-8-3-4-10-19(16)26-17-9-5-7-15(13-17)11-12-18(27(20,21)22)14-28(23,24)25/h3-5,7-10,13,18H,2,6,11-12,14H2,1H3,(H2,20,21,22)(H,23,24,25). The van der Waals surface area contributed by atoms with Crippen LogP contribution >= 0.6 is 7.60 Å². The van der Waals surface area contributed by atoms with Crippen LogP contribution in [0.4, 0.5) is 0 Å². The summed E-state index contributed by atoms with van der Waals surface area (Å²) in [6.07, 6.45) is 2.02. The Morgan fingerprint density at radius 2 is 1.79 bits per heavy atom. The molecule has 9 heteroatoms. The zero-order chi connectivity index (χ0) is 20.8. The SMILES string of the molecule is CCCc1ccccc1Oc1cccc(CCC(CS(=O)(=O)O)P(=O)(O)O)c1. The molecule has 0 aliphatic rings. The lowest BCUT2D eigenvalue weighted by atomic mass is 10.1. The number of ether oxygens (including phenoxy) is 1. The van der Waals surface area contributed by atoms with Gasteiger partial charge in [-0.3, -0.25) is 9.12 Å². The van der Waals surface area contributed by atoms with Crippen molar-refractivity contribution in [2.24, 2.45) is 0 Å². The molecule has 0 radical (unpaired) electrons. The minimum Gasteiger partial charge on any atom is -0.457 e. The minimum absolute atomic E-state index is 0.0834. The molecule has 0 aliphatic heterocycles. The van der Waals surface area contributed by atoms with Crippen LogP contribution in [-0.2, 0) is 27.5 Å². The molecule has 28 heavy (non-hydrogen) atoms. The number of rotatable bonds is 10. The largest absolute Gasteiger partial charge is 0.457 e. The van der Waals surface area contributed by atoms with Crippen molar-refractivity contribution in [3.63, 3.8) is 0 Å². The summed E-state index contributed by atoms with van der Waals surface area (Å²) in [4.78, 5) is 18.7. The fourth-order valence-electron chi connectivity index (χ4n) is 2.90. The van der Waals surface area contributed by atoms with Crippen molar-refractivity contribution < 1.29 is 32.1 Å². The summed E-state index contributed by atoms with van der Waals surface area (Å²) < 4.78 is 48.5. The molecule has 2 aromatic rings. The third kappa shape index (κ3) is 7.37. The van der Waals surface area contributed by atoms with Crippen molar-refractivity contribution in [1.29, 1.82) is 0 Å². The number of aryl methyl sites for hydroxylation is 2. The van der Waals surface area contributed by atoms with E-state index in [0.29, 0.717) is 5.75 Å². The molecule has 0 fully saturated rings. The third-order valence-corrected chi connectivity index (χ3v) is 6.73. The van der Waals surface area contributed by atoms with Gasteiger partial charge in [-0.1, -0.05) is 43.7 Å². The average Bonchev–Trinajstić information content (AvgIpc) is 2.59. The number of benzene rings is 2. The van der Waals surface area contributed by atoms with Gasteiger partial charge < -0.3 is 14.5 Å². The number of hydrogen-bond donors (Lipinski definition) is 3.